The summed E-state index contributed by atoms with van der Waals surface area (Å²) in [6, 6.07) is 9.08. The summed E-state index contributed by atoms with van der Waals surface area (Å²) in [6.45, 7) is 1.09. The molecule has 1 N–H and O–H groups in total. The Morgan fingerprint density at radius 1 is 1.24 bits per heavy atom. The number of nitrogens with one attached hydrogen (secondary N) is 1. The molecular weight excluding hydrogens is 324 g/mol. The van der Waals surface area contributed by atoms with Crippen molar-refractivity contribution in [1.82, 2.24) is 14.8 Å². The van der Waals surface area contributed by atoms with Gasteiger partial charge in [0.05, 0.1) is 11.2 Å². The van der Waals surface area contributed by atoms with E-state index in [0.717, 1.165) is 15.8 Å². The molecule has 3 heterocycles. The summed E-state index contributed by atoms with van der Waals surface area (Å²) in [4.78, 5) is 42.3. The van der Waals surface area contributed by atoms with Crippen LogP contribution in [0.3, 0.4) is 0 Å². The van der Waals surface area contributed by atoms with E-state index in [-0.39, 0.29) is 24.5 Å². The molecule has 0 spiro atoms. The van der Waals surface area contributed by atoms with Gasteiger partial charge in [-0.2, -0.15) is 0 Å². The Hall–Kier alpha value is -3.16. The van der Waals surface area contributed by atoms with Crippen LogP contribution in [-0.4, -0.2) is 59.1 Å². The van der Waals surface area contributed by atoms with Crippen LogP contribution in [-0.2, 0) is 9.53 Å². The number of anilines is 1. The summed E-state index contributed by atoms with van der Waals surface area (Å²) in [5.41, 5.74) is 1.52. The molecule has 0 bridgehead atoms. The van der Waals surface area contributed by atoms with Crippen molar-refractivity contribution in [2.24, 2.45) is 5.92 Å². The lowest BCUT2D eigenvalue weighted by atomic mass is 10.00. The number of hydrogen-bond donors (Lipinski definition) is 1. The highest BCUT2D eigenvalue weighted by Gasteiger charge is 2.38. The largest absolute Gasteiger partial charge is 0.439 e. The maximum atomic E-state index is 12.4. The molecule has 2 aliphatic heterocycles. The molecule has 0 radical (unpaired) electrons. The van der Waals surface area contributed by atoms with E-state index in [1.165, 1.54) is 0 Å². The number of benzene rings is 1. The lowest BCUT2D eigenvalue weighted by molar-refractivity contribution is -0.126. The number of aromatic nitrogens is 1. The summed E-state index contributed by atoms with van der Waals surface area (Å²) in [5, 5.41) is 3.77. The molecule has 1 aromatic heterocycles. The molecule has 128 valence electrons. The fourth-order valence-corrected chi connectivity index (χ4v) is 3.07. The first-order valence-electron chi connectivity index (χ1n) is 7.98. The zero-order valence-corrected chi connectivity index (χ0v) is 13.3. The minimum absolute atomic E-state index is 0.0783. The fraction of sp³-hybridized carbons (Fsp3) is 0.294. The number of fused-ring (bicyclic) bond motifs is 1. The summed E-state index contributed by atoms with van der Waals surface area (Å²) >= 11 is 0. The Kier molecular flexibility index (Phi) is 3.72. The van der Waals surface area contributed by atoms with Gasteiger partial charge in [0, 0.05) is 37.1 Å². The van der Waals surface area contributed by atoms with Gasteiger partial charge < -0.3 is 15.0 Å². The number of urea groups is 1. The molecule has 2 saturated heterocycles. The van der Waals surface area contributed by atoms with Crippen molar-refractivity contribution in [3.8, 4) is 0 Å². The number of imide groups is 1. The fourth-order valence-electron chi connectivity index (χ4n) is 3.07. The van der Waals surface area contributed by atoms with Crippen molar-refractivity contribution < 1.29 is 19.1 Å². The molecule has 1 aromatic carbocycles. The molecule has 0 unspecified atom stereocenters. The quantitative estimate of drug-likeness (QED) is 0.918. The van der Waals surface area contributed by atoms with Crippen LogP contribution in [0, 0.1) is 5.92 Å². The molecular formula is C17H16N4O4. The normalized spacial score (nSPS) is 17.6. The highest BCUT2D eigenvalue weighted by molar-refractivity contribution is 6.00. The van der Waals surface area contributed by atoms with Crippen LogP contribution < -0.4 is 5.32 Å². The van der Waals surface area contributed by atoms with E-state index in [1.807, 2.05) is 30.3 Å². The second-order valence-electron chi connectivity index (χ2n) is 6.14. The number of nitrogens with zero attached hydrogens (tertiary/aromatic N) is 3. The molecule has 4 amide bonds. The van der Waals surface area contributed by atoms with E-state index < -0.39 is 6.09 Å². The van der Waals surface area contributed by atoms with Crippen LogP contribution in [0.1, 0.15) is 0 Å². The second-order valence-corrected chi connectivity index (χ2v) is 6.14. The molecule has 2 aliphatic rings. The third kappa shape index (κ3) is 2.86. The first kappa shape index (κ1) is 15.4. The summed E-state index contributed by atoms with van der Waals surface area (Å²) in [6.07, 6.45) is 1.11. The smallest absolute Gasteiger partial charge is 0.417 e. The number of likely N-dealkylation sites (tertiary alicyclic amines) is 1. The van der Waals surface area contributed by atoms with Gasteiger partial charge in [0.15, 0.2) is 6.61 Å². The predicted molar refractivity (Wildman–Crippen MR) is 88.9 cm³/mol. The van der Waals surface area contributed by atoms with Crippen LogP contribution in [0.25, 0.3) is 10.9 Å². The van der Waals surface area contributed by atoms with E-state index in [9.17, 15) is 14.4 Å². The Labute approximate surface area is 143 Å². The van der Waals surface area contributed by atoms with Crippen LogP contribution >= 0.6 is 0 Å². The van der Waals surface area contributed by atoms with Gasteiger partial charge in [0.2, 0.25) is 0 Å². The molecule has 4 rings (SSSR count). The highest BCUT2D eigenvalue weighted by atomic mass is 16.6. The zero-order valence-electron chi connectivity index (χ0n) is 13.3. The third-order valence-electron chi connectivity index (χ3n) is 4.41. The van der Waals surface area contributed by atoms with E-state index >= 15 is 0 Å². The minimum atomic E-state index is -0.601. The van der Waals surface area contributed by atoms with Crippen LogP contribution in [0.15, 0.2) is 36.5 Å². The Balaban J connectivity index is 1.36. The van der Waals surface area contributed by atoms with E-state index in [1.54, 1.807) is 11.1 Å². The van der Waals surface area contributed by atoms with E-state index in [2.05, 4.69) is 15.0 Å². The number of hydrogen-bond acceptors (Lipinski definition) is 5. The van der Waals surface area contributed by atoms with E-state index in [0.29, 0.717) is 25.3 Å². The van der Waals surface area contributed by atoms with Gasteiger partial charge in [0.25, 0.3) is 5.91 Å². The maximum absolute atomic E-state index is 12.4. The molecule has 2 aromatic rings. The highest BCUT2D eigenvalue weighted by Crippen LogP contribution is 2.24. The molecule has 25 heavy (non-hydrogen) atoms. The van der Waals surface area contributed by atoms with E-state index in [4.69, 9.17) is 0 Å². The number of ether oxygens (including phenoxy) is 1. The van der Waals surface area contributed by atoms with Crippen molar-refractivity contribution in [1.29, 1.82) is 0 Å². The van der Waals surface area contributed by atoms with Gasteiger partial charge in [-0.25, -0.2) is 14.5 Å². The summed E-state index contributed by atoms with van der Waals surface area (Å²) < 4.78 is 4.68. The minimum Gasteiger partial charge on any atom is -0.439 e. The first-order chi connectivity index (χ1) is 12.1. The number of amides is 4. The van der Waals surface area contributed by atoms with Gasteiger partial charge in [-0.15, -0.1) is 0 Å². The van der Waals surface area contributed by atoms with Gasteiger partial charge in [0.1, 0.15) is 0 Å². The Morgan fingerprint density at radius 3 is 2.84 bits per heavy atom. The van der Waals surface area contributed by atoms with Gasteiger partial charge >= 0.3 is 12.1 Å². The van der Waals surface area contributed by atoms with Crippen molar-refractivity contribution in [3.63, 3.8) is 0 Å². The van der Waals surface area contributed by atoms with Crippen LogP contribution in [0.5, 0.6) is 0 Å². The van der Waals surface area contributed by atoms with Crippen molar-refractivity contribution >= 4 is 34.6 Å². The first-order valence-corrected chi connectivity index (χ1v) is 7.98. The van der Waals surface area contributed by atoms with Gasteiger partial charge in [-0.1, -0.05) is 6.07 Å². The average Bonchev–Trinajstić information content (AvgIpc) is 2.89. The summed E-state index contributed by atoms with van der Waals surface area (Å²) in [5.74, 6) is -0.245. The molecule has 2 fully saturated rings. The molecule has 0 aliphatic carbocycles. The number of carbonyl (C=O) groups excluding carboxylic acids is 3. The molecule has 0 atom stereocenters. The third-order valence-corrected chi connectivity index (χ3v) is 4.41. The average molecular weight is 340 g/mol. The number of rotatable bonds is 3. The molecule has 8 heteroatoms. The van der Waals surface area contributed by atoms with Crippen LogP contribution in [0.4, 0.5) is 15.3 Å². The topological polar surface area (TPSA) is 91.8 Å². The predicted octanol–water partition coefficient (Wildman–Crippen LogP) is 1.68. The number of cyclic esters (lactones) is 1. The lowest BCUT2D eigenvalue weighted by Gasteiger charge is -2.40. The van der Waals surface area contributed by atoms with Crippen LogP contribution in [0.2, 0.25) is 0 Å². The number of pyridine rings is 1. The number of carbonyl (C=O) groups is 3. The standard InChI is InChI=1S/C17H16N4O4/c22-15-10-25-17(24)21(15)9-11-7-20(8-11)16(23)19-14-5-1-4-13-12(14)3-2-6-18-13/h1-6,11H,7-10H2,(H,19,23). The van der Waals surface area contributed by atoms with Crippen molar-refractivity contribution in [2.45, 2.75) is 0 Å². The zero-order chi connectivity index (χ0) is 17.4. The lowest BCUT2D eigenvalue weighted by Crippen LogP contribution is -2.55. The van der Waals surface area contributed by atoms with Crippen molar-refractivity contribution in [3.05, 3.63) is 36.5 Å². The Morgan fingerprint density at radius 2 is 2.08 bits per heavy atom. The van der Waals surface area contributed by atoms with Gasteiger partial charge in [-0.05, 0) is 24.3 Å². The second kappa shape index (κ2) is 6.04. The molecule has 0 saturated carbocycles. The Bertz CT molecular complexity index is 841. The summed E-state index contributed by atoms with van der Waals surface area (Å²) in [7, 11) is 0. The SMILES string of the molecule is O=C(Nc1cccc2ncccc12)N1CC(CN2C(=O)COC2=O)C1. The monoisotopic (exact) mass is 340 g/mol. The maximum Gasteiger partial charge on any atom is 0.417 e. The molecule has 8 nitrogen and oxygen atoms in total. The van der Waals surface area contributed by atoms with Gasteiger partial charge in [-0.3, -0.25) is 9.78 Å². The van der Waals surface area contributed by atoms with Crippen molar-refractivity contribution in [2.75, 3.05) is 31.6 Å².